The molecular formula is C8H16N2O2. The van der Waals surface area contributed by atoms with Crippen LogP contribution in [0.1, 0.15) is 27.7 Å². The van der Waals surface area contributed by atoms with E-state index < -0.39 is 11.7 Å². The van der Waals surface area contributed by atoms with E-state index in [1.54, 1.807) is 27.7 Å². The van der Waals surface area contributed by atoms with Crippen LogP contribution in [0.2, 0.25) is 0 Å². The average molecular weight is 172 g/mol. The molecule has 4 nitrogen and oxygen atoms in total. The number of nitrogens with one attached hydrogen (secondary N) is 1. The molecule has 0 atom stereocenters. The summed E-state index contributed by atoms with van der Waals surface area (Å²) in [5.74, 6) is 7.00. The van der Waals surface area contributed by atoms with Crippen molar-refractivity contribution < 1.29 is 9.53 Å². The lowest BCUT2D eigenvalue weighted by Crippen LogP contribution is -2.36. The summed E-state index contributed by atoms with van der Waals surface area (Å²) in [7, 11) is 0. The largest absolute Gasteiger partial charge is 0.443 e. The fourth-order valence-corrected chi connectivity index (χ4v) is 0.308. The van der Waals surface area contributed by atoms with Crippen molar-refractivity contribution in [1.82, 2.24) is 5.43 Å². The molecular weight excluding hydrogens is 156 g/mol. The Labute approximate surface area is 73.4 Å². The van der Waals surface area contributed by atoms with Crippen LogP contribution in [0.15, 0.2) is 0 Å². The standard InChI is InChI=1S/C5H12N2O2.C3H4/c1-5(2,3)9-4(8)7-6;1-3-2/h6H2,1-3H3,(H,7,8);1H,2H3. The molecule has 0 aliphatic carbocycles. The Morgan fingerprint density at radius 2 is 1.92 bits per heavy atom. The fraction of sp³-hybridized carbons (Fsp3) is 0.625. The van der Waals surface area contributed by atoms with E-state index in [1.165, 1.54) is 0 Å². The summed E-state index contributed by atoms with van der Waals surface area (Å²) in [4.78, 5) is 10.4. The number of hydrazine groups is 1. The van der Waals surface area contributed by atoms with Gasteiger partial charge in [-0.1, -0.05) is 0 Å². The Morgan fingerprint density at radius 3 is 2.00 bits per heavy atom. The second-order valence-corrected chi connectivity index (χ2v) is 2.93. The molecule has 0 aliphatic rings. The smallest absolute Gasteiger partial charge is 0.421 e. The maximum absolute atomic E-state index is 10.4. The lowest BCUT2D eigenvalue weighted by atomic mass is 10.2. The van der Waals surface area contributed by atoms with Gasteiger partial charge in [0.2, 0.25) is 0 Å². The molecule has 0 radical (unpaired) electrons. The van der Waals surface area contributed by atoms with Crippen molar-refractivity contribution in [2.24, 2.45) is 5.84 Å². The Hall–Kier alpha value is -1.21. The molecule has 0 fully saturated rings. The quantitative estimate of drug-likeness (QED) is 0.248. The monoisotopic (exact) mass is 172 g/mol. The van der Waals surface area contributed by atoms with Crippen molar-refractivity contribution in [2.45, 2.75) is 33.3 Å². The van der Waals surface area contributed by atoms with Gasteiger partial charge in [0.15, 0.2) is 0 Å². The van der Waals surface area contributed by atoms with Gasteiger partial charge in [0.1, 0.15) is 5.60 Å². The highest BCUT2D eigenvalue weighted by atomic mass is 16.6. The van der Waals surface area contributed by atoms with Crippen LogP contribution in [0.4, 0.5) is 4.79 Å². The summed E-state index contributed by atoms with van der Waals surface area (Å²) >= 11 is 0. The van der Waals surface area contributed by atoms with Crippen LogP contribution in [0.3, 0.4) is 0 Å². The van der Waals surface area contributed by atoms with Crippen molar-refractivity contribution in [3.05, 3.63) is 0 Å². The molecule has 12 heavy (non-hydrogen) atoms. The van der Waals surface area contributed by atoms with Crippen molar-refractivity contribution in [2.75, 3.05) is 0 Å². The highest BCUT2D eigenvalue weighted by molar-refractivity contribution is 5.66. The highest BCUT2D eigenvalue weighted by Gasteiger charge is 2.14. The SMILES string of the molecule is C#CC.CC(C)(C)OC(=O)NN. The molecule has 0 aromatic carbocycles. The van der Waals surface area contributed by atoms with Gasteiger partial charge in [-0.25, -0.2) is 10.6 Å². The number of carbonyl (C=O) groups is 1. The van der Waals surface area contributed by atoms with E-state index in [2.05, 4.69) is 12.3 Å². The summed E-state index contributed by atoms with van der Waals surface area (Å²) < 4.78 is 4.71. The molecule has 3 N–H and O–H groups in total. The lowest BCUT2D eigenvalue weighted by molar-refractivity contribution is 0.0527. The van der Waals surface area contributed by atoms with Crippen LogP contribution in [0, 0.1) is 12.3 Å². The summed E-state index contributed by atoms with van der Waals surface area (Å²) in [6, 6.07) is 0. The second-order valence-electron chi connectivity index (χ2n) is 2.93. The van der Waals surface area contributed by atoms with Crippen molar-refractivity contribution in [1.29, 1.82) is 0 Å². The number of rotatable bonds is 0. The molecule has 0 unspecified atom stereocenters. The molecule has 0 rings (SSSR count). The number of terminal acetylenes is 1. The Bertz CT molecular complexity index is 165. The van der Waals surface area contributed by atoms with E-state index in [0.29, 0.717) is 0 Å². The van der Waals surface area contributed by atoms with Gasteiger partial charge in [0.25, 0.3) is 0 Å². The van der Waals surface area contributed by atoms with Crippen LogP contribution in [0.25, 0.3) is 0 Å². The predicted molar refractivity (Wildman–Crippen MR) is 48.1 cm³/mol. The van der Waals surface area contributed by atoms with E-state index in [-0.39, 0.29) is 0 Å². The second kappa shape index (κ2) is 6.50. The van der Waals surface area contributed by atoms with Gasteiger partial charge in [-0.2, -0.15) is 0 Å². The predicted octanol–water partition coefficient (Wildman–Crippen LogP) is 1.02. The van der Waals surface area contributed by atoms with E-state index in [4.69, 9.17) is 10.6 Å². The van der Waals surface area contributed by atoms with E-state index in [1.807, 2.05) is 5.43 Å². The van der Waals surface area contributed by atoms with Gasteiger partial charge in [-0.3, -0.25) is 5.43 Å². The fourth-order valence-electron chi connectivity index (χ4n) is 0.308. The minimum atomic E-state index is -0.609. The molecule has 0 saturated heterocycles. The van der Waals surface area contributed by atoms with Gasteiger partial charge in [-0.15, -0.1) is 12.3 Å². The first-order valence-electron chi connectivity index (χ1n) is 3.44. The van der Waals surface area contributed by atoms with Crippen LogP contribution in [0.5, 0.6) is 0 Å². The van der Waals surface area contributed by atoms with Crippen LogP contribution >= 0.6 is 0 Å². The normalized spacial score (nSPS) is 8.67. The summed E-state index contributed by atoms with van der Waals surface area (Å²) in [5, 5.41) is 0. The van der Waals surface area contributed by atoms with Crippen LogP contribution in [-0.4, -0.2) is 11.7 Å². The summed E-state index contributed by atoms with van der Waals surface area (Å²) in [5.41, 5.74) is 1.39. The number of hydrogen-bond acceptors (Lipinski definition) is 3. The third-order valence-electron chi connectivity index (χ3n) is 0.517. The first-order valence-corrected chi connectivity index (χ1v) is 3.44. The number of amides is 1. The minimum Gasteiger partial charge on any atom is -0.443 e. The molecule has 0 saturated carbocycles. The van der Waals surface area contributed by atoms with Gasteiger partial charge < -0.3 is 4.74 Å². The van der Waals surface area contributed by atoms with Crippen molar-refractivity contribution >= 4 is 6.09 Å². The van der Waals surface area contributed by atoms with E-state index in [9.17, 15) is 4.79 Å². The number of hydrogen-bond donors (Lipinski definition) is 2. The van der Waals surface area contributed by atoms with Crippen LogP contribution in [-0.2, 0) is 4.74 Å². The van der Waals surface area contributed by atoms with Gasteiger partial charge in [-0.05, 0) is 27.7 Å². The lowest BCUT2D eigenvalue weighted by Gasteiger charge is -2.18. The molecule has 70 valence electrons. The maximum atomic E-state index is 10.4. The molecule has 0 bridgehead atoms. The first-order chi connectivity index (χ1) is 5.37. The van der Waals surface area contributed by atoms with Gasteiger partial charge in [0.05, 0.1) is 0 Å². The Balaban J connectivity index is 0. The van der Waals surface area contributed by atoms with Crippen molar-refractivity contribution in [3.63, 3.8) is 0 Å². The zero-order valence-electron chi connectivity index (χ0n) is 7.97. The highest BCUT2D eigenvalue weighted by Crippen LogP contribution is 2.05. The average Bonchev–Trinajstić information content (AvgIpc) is 1.86. The van der Waals surface area contributed by atoms with Gasteiger partial charge in [0, 0.05) is 0 Å². The van der Waals surface area contributed by atoms with Gasteiger partial charge >= 0.3 is 6.09 Å². The third kappa shape index (κ3) is 15.9. The molecule has 0 aromatic rings. The Morgan fingerprint density at radius 1 is 1.58 bits per heavy atom. The number of carbonyl (C=O) groups excluding carboxylic acids is 1. The molecule has 0 aromatic heterocycles. The molecule has 0 heterocycles. The molecule has 0 spiro atoms. The minimum absolute atomic E-state index is 0.469. The summed E-state index contributed by atoms with van der Waals surface area (Å²) in [6.45, 7) is 6.95. The molecule has 4 heteroatoms. The topological polar surface area (TPSA) is 64.3 Å². The number of ether oxygens (including phenoxy) is 1. The molecule has 1 amide bonds. The zero-order valence-corrected chi connectivity index (χ0v) is 7.97. The van der Waals surface area contributed by atoms with E-state index >= 15 is 0 Å². The van der Waals surface area contributed by atoms with E-state index in [0.717, 1.165) is 0 Å². The summed E-state index contributed by atoms with van der Waals surface area (Å²) in [6.07, 6.45) is 3.99. The molecule has 0 aliphatic heterocycles. The van der Waals surface area contributed by atoms with Crippen LogP contribution < -0.4 is 11.3 Å². The first kappa shape index (κ1) is 13.4. The maximum Gasteiger partial charge on any atom is 0.421 e. The van der Waals surface area contributed by atoms with Crippen molar-refractivity contribution in [3.8, 4) is 12.3 Å². The zero-order chi connectivity index (χ0) is 10.2. The Kier molecular flexibility index (Phi) is 7.25. The number of nitrogens with two attached hydrogens (primary N) is 1. The third-order valence-corrected chi connectivity index (χ3v) is 0.517.